The van der Waals surface area contributed by atoms with Gasteiger partial charge in [-0.25, -0.2) is 0 Å². The molecule has 1 aromatic carbocycles. The van der Waals surface area contributed by atoms with E-state index in [9.17, 15) is 4.79 Å². The Bertz CT molecular complexity index is 567. The van der Waals surface area contributed by atoms with E-state index >= 15 is 0 Å². The number of ether oxygens (including phenoxy) is 2. The third-order valence-corrected chi connectivity index (χ3v) is 2.60. The molecule has 0 spiro atoms. The molecule has 0 N–H and O–H groups in total. The molecule has 0 saturated heterocycles. The van der Waals surface area contributed by atoms with E-state index in [4.69, 9.17) is 9.47 Å². The molecule has 0 aliphatic carbocycles. The Balaban J connectivity index is 2.24. The fraction of sp³-hybridized carbons (Fsp3) is 0.133. The van der Waals surface area contributed by atoms with Crippen molar-refractivity contribution in [1.82, 2.24) is 0 Å². The molecule has 0 aliphatic heterocycles. The topological polar surface area (TPSA) is 39.4 Å². The Morgan fingerprint density at radius 2 is 1.84 bits per heavy atom. The van der Waals surface area contributed by atoms with Gasteiger partial charge in [0.05, 0.1) is 32.4 Å². The van der Waals surface area contributed by atoms with Crippen LogP contribution in [0.5, 0.6) is 11.5 Å². The highest BCUT2D eigenvalue weighted by molar-refractivity contribution is 6.03. The van der Waals surface area contributed by atoms with Crippen LogP contribution in [0.4, 0.5) is 0 Å². The Kier molecular flexibility index (Phi) is 4.03. The first-order valence-electron chi connectivity index (χ1n) is 5.74. The van der Waals surface area contributed by atoms with E-state index in [0.29, 0.717) is 17.1 Å². The predicted octanol–water partition coefficient (Wildman–Crippen LogP) is 1.76. The summed E-state index contributed by atoms with van der Waals surface area (Å²) in [5, 5.41) is 0. The number of ketones is 1. The lowest BCUT2D eigenvalue weighted by atomic mass is 10.1. The van der Waals surface area contributed by atoms with Crippen LogP contribution in [0.3, 0.4) is 0 Å². The molecule has 0 amide bonds. The number of Topliss-reactive ketones (excluding diaryl/α,β-unsaturated/α-hetero) is 1. The highest BCUT2D eigenvalue weighted by Gasteiger charge is 2.12. The van der Waals surface area contributed by atoms with Crippen LogP contribution in [-0.2, 0) is 0 Å². The van der Waals surface area contributed by atoms with Crippen LogP contribution < -0.4 is 14.0 Å². The minimum Gasteiger partial charge on any atom is -0.506 e. The van der Waals surface area contributed by atoms with E-state index < -0.39 is 0 Å². The third-order valence-electron chi connectivity index (χ3n) is 2.60. The van der Waals surface area contributed by atoms with Gasteiger partial charge in [-0.05, 0) is 23.8 Å². The minimum atomic E-state index is -0.254. The number of benzene rings is 1. The van der Waals surface area contributed by atoms with Crippen molar-refractivity contribution in [2.45, 2.75) is 0 Å². The maximum Gasteiger partial charge on any atom is 0.203 e. The Morgan fingerprint density at radius 3 is 2.47 bits per heavy atom. The van der Waals surface area contributed by atoms with E-state index in [1.807, 2.05) is 18.2 Å². The Morgan fingerprint density at radius 1 is 1.11 bits per heavy atom. The number of methoxy groups -OCH3 is 2. The van der Waals surface area contributed by atoms with Crippen molar-refractivity contribution in [3.63, 3.8) is 0 Å². The van der Waals surface area contributed by atoms with Gasteiger partial charge < -0.3 is 14.3 Å². The van der Waals surface area contributed by atoms with Gasteiger partial charge in [0.15, 0.2) is 5.78 Å². The van der Waals surface area contributed by atoms with Gasteiger partial charge in [-0.1, -0.05) is 12.1 Å². The van der Waals surface area contributed by atoms with Crippen molar-refractivity contribution >= 4 is 5.78 Å². The van der Waals surface area contributed by atoms with Crippen LogP contribution in [0.1, 0.15) is 10.4 Å². The number of hydrogen-bond donors (Lipinski definition) is 0. The van der Waals surface area contributed by atoms with E-state index in [2.05, 4.69) is 6.54 Å². The molecule has 2 rings (SSSR count). The normalized spacial score (nSPS) is 9.79. The van der Waals surface area contributed by atoms with Gasteiger partial charge in [0.2, 0.25) is 6.54 Å². The van der Waals surface area contributed by atoms with Crippen LogP contribution in [0.15, 0.2) is 48.8 Å². The number of carbonyl (C=O) groups is 1. The second-order valence-electron chi connectivity index (χ2n) is 3.79. The predicted molar refractivity (Wildman–Crippen MR) is 69.2 cm³/mol. The van der Waals surface area contributed by atoms with Crippen molar-refractivity contribution in [3.8, 4) is 11.5 Å². The highest BCUT2D eigenvalue weighted by Crippen LogP contribution is 2.25. The summed E-state index contributed by atoms with van der Waals surface area (Å²) in [6.45, 7) is 2.73. The Labute approximate surface area is 112 Å². The number of aromatic nitrogens is 1. The molecule has 0 fully saturated rings. The van der Waals surface area contributed by atoms with Crippen LogP contribution in [0, 0.1) is 6.54 Å². The molecular formula is C15H14NO3. The zero-order valence-electron chi connectivity index (χ0n) is 10.8. The van der Waals surface area contributed by atoms with Crippen LogP contribution in [0.2, 0.25) is 0 Å². The highest BCUT2D eigenvalue weighted by atomic mass is 16.5. The summed E-state index contributed by atoms with van der Waals surface area (Å²) in [4.78, 5) is 12.1. The fourth-order valence-electron chi connectivity index (χ4n) is 1.64. The lowest BCUT2D eigenvalue weighted by Gasteiger charge is -2.11. The zero-order chi connectivity index (χ0) is 13.7. The molecular weight excluding hydrogens is 242 g/mol. The summed E-state index contributed by atoms with van der Waals surface area (Å²) in [5.41, 5.74) is 0.444. The van der Waals surface area contributed by atoms with Crippen molar-refractivity contribution in [2.75, 3.05) is 14.2 Å². The minimum absolute atomic E-state index is 0.254. The van der Waals surface area contributed by atoms with Gasteiger partial charge >= 0.3 is 0 Å². The number of nitrogens with zero attached hydrogens (tertiary/aromatic N) is 1. The molecule has 19 heavy (non-hydrogen) atoms. The third kappa shape index (κ3) is 3.04. The smallest absolute Gasteiger partial charge is 0.203 e. The molecule has 2 aromatic rings. The van der Waals surface area contributed by atoms with E-state index in [1.54, 1.807) is 42.3 Å². The van der Waals surface area contributed by atoms with Crippen molar-refractivity contribution in [1.29, 1.82) is 0 Å². The molecule has 1 radical (unpaired) electrons. The van der Waals surface area contributed by atoms with Gasteiger partial charge in [0.1, 0.15) is 5.75 Å². The number of carbonyl (C=O) groups excluding carboxylic acids is 1. The summed E-state index contributed by atoms with van der Waals surface area (Å²) < 4.78 is 11.9. The van der Waals surface area contributed by atoms with Gasteiger partial charge in [0.25, 0.3) is 0 Å². The standard InChI is InChI=1S/C15H14NO3/c1-18-12-6-7-13(15(10-12)19-2)14(17)11-16-8-4-3-5-9-16/h3-10H,1-2H3. The molecule has 0 saturated carbocycles. The average molecular weight is 256 g/mol. The molecule has 1 heterocycles. The largest absolute Gasteiger partial charge is 0.506 e. The molecule has 0 aliphatic rings. The summed E-state index contributed by atoms with van der Waals surface area (Å²) >= 11 is 0. The van der Waals surface area contributed by atoms with E-state index in [0.717, 1.165) is 0 Å². The SMILES string of the molecule is COc1ccc(C(=O)[C-][n+]2ccccc2)c(OC)c1. The lowest BCUT2D eigenvalue weighted by molar-refractivity contribution is -0.625. The number of pyridine rings is 1. The van der Waals surface area contributed by atoms with E-state index in [-0.39, 0.29) is 5.78 Å². The molecule has 97 valence electrons. The number of hydrogen-bond acceptors (Lipinski definition) is 3. The molecule has 1 aromatic heterocycles. The molecule has 0 bridgehead atoms. The first-order chi connectivity index (χ1) is 9.24. The average Bonchev–Trinajstić information content (AvgIpc) is 2.47. The summed E-state index contributed by atoms with van der Waals surface area (Å²) in [6.07, 6.45) is 3.49. The van der Waals surface area contributed by atoms with Crippen molar-refractivity contribution < 1.29 is 18.8 Å². The first-order valence-corrected chi connectivity index (χ1v) is 5.74. The van der Waals surface area contributed by atoms with Crippen LogP contribution in [0.25, 0.3) is 0 Å². The monoisotopic (exact) mass is 256 g/mol. The quantitative estimate of drug-likeness (QED) is 0.465. The maximum absolute atomic E-state index is 12.1. The molecule has 4 nitrogen and oxygen atoms in total. The first kappa shape index (κ1) is 13.0. The van der Waals surface area contributed by atoms with Crippen molar-refractivity contribution in [2.24, 2.45) is 0 Å². The molecule has 4 heteroatoms. The summed E-state index contributed by atoms with van der Waals surface area (Å²) in [5.74, 6) is 0.852. The maximum atomic E-state index is 12.1. The van der Waals surface area contributed by atoms with Gasteiger partial charge in [-0.2, -0.15) is 0 Å². The van der Waals surface area contributed by atoms with Gasteiger partial charge in [-0.15, -0.1) is 0 Å². The van der Waals surface area contributed by atoms with Gasteiger partial charge in [-0.3, -0.25) is 4.57 Å². The zero-order valence-corrected chi connectivity index (χ0v) is 10.8. The Hall–Kier alpha value is -2.49. The van der Waals surface area contributed by atoms with Crippen molar-refractivity contribution in [3.05, 3.63) is 60.9 Å². The number of rotatable bonds is 5. The lowest BCUT2D eigenvalue weighted by Crippen LogP contribution is -2.34. The second kappa shape index (κ2) is 5.91. The van der Waals surface area contributed by atoms with E-state index in [1.165, 1.54) is 7.11 Å². The summed E-state index contributed by atoms with van der Waals surface area (Å²) in [6, 6.07) is 10.6. The fourth-order valence-corrected chi connectivity index (χ4v) is 1.64. The second-order valence-corrected chi connectivity index (χ2v) is 3.79. The molecule has 0 unspecified atom stereocenters. The van der Waals surface area contributed by atoms with Crippen LogP contribution >= 0.6 is 0 Å². The summed E-state index contributed by atoms with van der Waals surface area (Å²) in [7, 11) is 3.08. The van der Waals surface area contributed by atoms with Gasteiger partial charge in [0, 0.05) is 6.07 Å². The molecule has 0 atom stereocenters. The van der Waals surface area contributed by atoms with Crippen LogP contribution in [-0.4, -0.2) is 20.0 Å².